The van der Waals surface area contributed by atoms with Crippen LogP contribution >= 0.6 is 0 Å². The fraction of sp³-hybridized carbons (Fsp3) is 0.261. The van der Waals surface area contributed by atoms with Gasteiger partial charge in [0, 0.05) is 18.5 Å². The van der Waals surface area contributed by atoms with Crippen LogP contribution in [0.3, 0.4) is 0 Å². The molecule has 0 saturated carbocycles. The molecule has 0 saturated heterocycles. The van der Waals surface area contributed by atoms with Gasteiger partial charge < -0.3 is 19.9 Å². The van der Waals surface area contributed by atoms with Crippen LogP contribution in [0, 0.1) is 13.8 Å². The normalized spacial score (nSPS) is 11.5. The number of aromatic nitrogens is 1. The molecule has 3 aromatic rings. The minimum atomic E-state index is -0.781. The highest BCUT2D eigenvalue weighted by Crippen LogP contribution is 2.12. The van der Waals surface area contributed by atoms with Crippen molar-refractivity contribution in [1.29, 1.82) is 0 Å². The second-order valence-electron chi connectivity index (χ2n) is 6.97. The molecule has 1 heterocycles. The van der Waals surface area contributed by atoms with Crippen molar-refractivity contribution in [2.75, 3.05) is 0 Å². The van der Waals surface area contributed by atoms with E-state index < -0.39 is 12.1 Å². The van der Waals surface area contributed by atoms with E-state index in [1.165, 1.54) is 0 Å². The molecule has 0 aliphatic heterocycles. The highest BCUT2D eigenvalue weighted by atomic mass is 16.5. The molecule has 156 valence electrons. The second kappa shape index (κ2) is 10.2. The van der Waals surface area contributed by atoms with Gasteiger partial charge in [0.05, 0.1) is 5.69 Å². The number of rotatable bonds is 8. The molecule has 0 aliphatic rings. The number of carbonyl (C=O) groups is 2. The topological polar surface area (TPSA) is 93.5 Å². The van der Waals surface area contributed by atoms with E-state index in [2.05, 4.69) is 15.8 Å². The lowest BCUT2D eigenvalue weighted by atomic mass is 10.1. The molecule has 7 heteroatoms. The minimum Gasteiger partial charge on any atom is -0.445 e. The van der Waals surface area contributed by atoms with Crippen LogP contribution in [0.4, 0.5) is 4.79 Å². The molecule has 7 nitrogen and oxygen atoms in total. The molecule has 0 radical (unpaired) electrons. The number of alkyl carbamates (subject to hydrolysis) is 1. The van der Waals surface area contributed by atoms with Crippen LogP contribution in [-0.2, 0) is 29.1 Å². The number of ether oxygens (including phenoxy) is 1. The van der Waals surface area contributed by atoms with Gasteiger partial charge in [0.2, 0.25) is 5.91 Å². The molecular weight excluding hydrogens is 382 g/mol. The molecule has 2 amide bonds. The summed E-state index contributed by atoms with van der Waals surface area (Å²) in [7, 11) is 0. The average Bonchev–Trinajstić information content (AvgIpc) is 3.09. The lowest BCUT2D eigenvalue weighted by molar-refractivity contribution is -0.123. The molecule has 0 fully saturated rings. The lowest BCUT2D eigenvalue weighted by Crippen LogP contribution is -2.48. The van der Waals surface area contributed by atoms with Gasteiger partial charge in [-0.25, -0.2) is 4.79 Å². The lowest BCUT2D eigenvalue weighted by Gasteiger charge is -2.18. The number of amides is 2. The maximum Gasteiger partial charge on any atom is 0.408 e. The van der Waals surface area contributed by atoms with E-state index >= 15 is 0 Å². The van der Waals surface area contributed by atoms with E-state index in [0.29, 0.717) is 12.2 Å². The summed E-state index contributed by atoms with van der Waals surface area (Å²) >= 11 is 0. The predicted octanol–water partition coefficient (Wildman–Crippen LogP) is 3.45. The first kappa shape index (κ1) is 21.1. The van der Waals surface area contributed by atoms with Crippen LogP contribution in [0.5, 0.6) is 0 Å². The number of nitrogens with zero attached hydrogens (tertiary/aromatic N) is 1. The van der Waals surface area contributed by atoms with E-state index in [1.54, 1.807) is 6.92 Å². The number of nitrogens with one attached hydrogen (secondary N) is 2. The zero-order valence-electron chi connectivity index (χ0n) is 17.1. The quantitative estimate of drug-likeness (QED) is 0.597. The summed E-state index contributed by atoms with van der Waals surface area (Å²) in [5, 5.41) is 9.43. The Hall–Kier alpha value is -3.61. The van der Waals surface area contributed by atoms with Gasteiger partial charge in [0.15, 0.2) is 0 Å². The van der Waals surface area contributed by atoms with E-state index in [1.807, 2.05) is 67.6 Å². The molecule has 3 rings (SSSR count). The molecule has 0 spiro atoms. The van der Waals surface area contributed by atoms with Gasteiger partial charge in [-0.1, -0.05) is 65.8 Å². The maximum atomic E-state index is 12.8. The fourth-order valence-electron chi connectivity index (χ4n) is 3.02. The first-order valence-electron chi connectivity index (χ1n) is 9.73. The molecule has 2 aromatic carbocycles. The van der Waals surface area contributed by atoms with E-state index in [-0.39, 0.29) is 19.1 Å². The van der Waals surface area contributed by atoms with Crippen molar-refractivity contribution < 1.29 is 18.8 Å². The molecule has 1 aromatic heterocycles. The molecule has 0 aliphatic carbocycles. The summed E-state index contributed by atoms with van der Waals surface area (Å²) in [5.41, 5.74) is 3.35. The van der Waals surface area contributed by atoms with Gasteiger partial charge in [0.25, 0.3) is 0 Å². The number of aryl methyl sites for hydroxylation is 2. The Labute approximate surface area is 175 Å². The van der Waals surface area contributed by atoms with Crippen LogP contribution < -0.4 is 10.6 Å². The van der Waals surface area contributed by atoms with Gasteiger partial charge in [-0.2, -0.15) is 0 Å². The van der Waals surface area contributed by atoms with Crippen LogP contribution in [-0.4, -0.2) is 23.2 Å². The summed E-state index contributed by atoms with van der Waals surface area (Å²) in [6, 6.07) is 18.1. The van der Waals surface area contributed by atoms with Crippen LogP contribution in [0.1, 0.15) is 28.1 Å². The average molecular weight is 407 g/mol. The van der Waals surface area contributed by atoms with Crippen molar-refractivity contribution in [3.05, 3.63) is 88.8 Å². The minimum absolute atomic E-state index is 0.130. The number of benzene rings is 2. The summed E-state index contributed by atoms with van der Waals surface area (Å²) in [5.74, 6) is 0.346. The van der Waals surface area contributed by atoms with E-state index in [0.717, 1.165) is 22.4 Å². The number of hydrogen-bond donors (Lipinski definition) is 2. The highest BCUT2D eigenvalue weighted by Gasteiger charge is 2.23. The standard InChI is InChI=1S/C23H25N3O4/c1-16-20(17(2)30-26-16)14-24-22(27)21(13-18-9-5-3-6-10-18)25-23(28)29-15-19-11-7-4-8-12-19/h3-12,21H,13-15H2,1-2H3,(H,24,27)(H,25,28). The smallest absolute Gasteiger partial charge is 0.408 e. The Bertz CT molecular complexity index is 951. The zero-order chi connectivity index (χ0) is 21.3. The van der Waals surface area contributed by atoms with Crippen molar-refractivity contribution in [2.24, 2.45) is 0 Å². The predicted molar refractivity (Wildman–Crippen MR) is 112 cm³/mol. The van der Waals surface area contributed by atoms with Crippen LogP contribution in [0.2, 0.25) is 0 Å². The monoisotopic (exact) mass is 407 g/mol. The first-order valence-corrected chi connectivity index (χ1v) is 9.73. The number of hydrogen-bond acceptors (Lipinski definition) is 5. The van der Waals surface area contributed by atoms with Crippen molar-refractivity contribution in [3.63, 3.8) is 0 Å². The number of carbonyl (C=O) groups excluding carboxylic acids is 2. The van der Waals surface area contributed by atoms with Crippen molar-refractivity contribution in [2.45, 2.75) is 39.5 Å². The second-order valence-corrected chi connectivity index (χ2v) is 6.97. The first-order chi connectivity index (χ1) is 14.5. The Kier molecular flexibility index (Phi) is 7.21. The summed E-state index contributed by atoms with van der Waals surface area (Å²) in [6.07, 6.45) is -0.304. The van der Waals surface area contributed by atoms with Gasteiger partial charge in [-0.05, 0) is 25.0 Å². The van der Waals surface area contributed by atoms with Crippen molar-refractivity contribution in [1.82, 2.24) is 15.8 Å². The Balaban J connectivity index is 1.63. The molecule has 1 unspecified atom stereocenters. The third kappa shape index (κ3) is 5.94. The largest absolute Gasteiger partial charge is 0.445 e. The van der Waals surface area contributed by atoms with E-state index in [9.17, 15) is 9.59 Å². The Morgan fingerprint density at radius 2 is 1.63 bits per heavy atom. The molecule has 0 bridgehead atoms. The molecular formula is C23H25N3O4. The summed E-state index contributed by atoms with van der Waals surface area (Å²) in [4.78, 5) is 25.2. The van der Waals surface area contributed by atoms with Crippen molar-refractivity contribution in [3.8, 4) is 0 Å². The molecule has 1 atom stereocenters. The third-order valence-corrected chi connectivity index (χ3v) is 4.72. The van der Waals surface area contributed by atoms with Gasteiger partial charge >= 0.3 is 6.09 Å². The Morgan fingerprint density at radius 3 is 2.23 bits per heavy atom. The zero-order valence-corrected chi connectivity index (χ0v) is 17.1. The highest BCUT2D eigenvalue weighted by molar-refractivity contribution is 5.85. The third-order valence-electron chi connectivity index (χ3n) is 4.72. The Morgan fingerprint density at radius 1 is 1.00 bits per heavy atom. The maximum absolute atomic E-state index is 12.8. The summed E-state index contributed by atoms with van der Waals surface area (Å²) in [6.45, 7) is 4.01. The van der Waals surface area contributed by atoms with Crippen molar-refractivity contribution >= 4 is 12.0 Å². The van der Waals surface area contributed by atoms with E-state index in [4.69, 9.17) is 9.26 Å². The van der Waals surface area contributed by atoms with Gasteiger partial charge in [-0.3, -0.25) is 4.79 Å². The van der Waals surface area contributed by atoms with Gasteiger partial charge in [0.1, 0.15) is 18.4 Å². The van der Waals surface area contributed by atoms with Crippen LogP contribution in [0.15, 0.2) is 65.2 Å². The molecule has 30 heavy (non-hydrogen) atoms. The van der Waals surface area contributed by atoms with Crippen LogP contribution in [0.25, 0.3) is 0 Å². The SMILES string of the molecule is Cc1noc(C)c1CNC(=O)C(Cc1ccccc1)NC(=O)OCc1ccccc1. The summed E-state index contributed by atoms with van der Waals surface area (Å²) < 4.78 is 10.4. The molecule has 2 N–H and O–H groups in total. The fourth-order valence-corrected chi connectivity index (χ4v) is 3.02. The van der Waals surface area contributed by atoms with Gasteiger partial charge in [-0.15, -0.1) is 0 Å².